The molecule has 1 aromatic heterocycles. The standard InChI is InChI=1S/C20H21N3S/c1-2-14-12-23-10-8-15(14)11-19(23)20(22-13-24)17-7-9-21-18-6-4-3-5-16(17)18/h2-7,9,14-15,19-20H,1,8,10-12H2/t14-,15-,19-,20-/m0/s1. The number of benzene rings is 1. The molecule has 0 amide bonds. The molecule has 2 aromatic rings. The molecule has 3 nitrogen and oxygen atoms in total. The molecule has 24 heavy (non-hydrogen) atoms. The summed E-state index contributed by atoms with van der Waals surface area (Å²) in [6.07, 6.45) is 6.43. The van der Waals surface area contributed by atoms with E-state index in [1.54, 1.807) is 0 Å². The van der Waals surface area contributed by atoms with Gasteiger partial charge in [-0.3, -0.25) is 9.88 Å². The van der Waals surface area contributed by atoms with Gasteiger partial charge in [0.25, 0.3) is 0 Å². The van der Waals surface area contributed by atoms with Gasteiger partial charge in [-0.05, 0) is 61.1 Å². The minimum Gasteiger partial charge on any atom is -0.297 e. The van der Waals surface area contributed by atoms with Crippen LogP contribution in [0.2, 0.25) is 0 Å². The molecule has 0 aliphatic carbocycles. The Hall–Kier alpha value is -1.87. The molecule has 5 rings (SSSR count). The molecule has 4 heteroatoms. The number of pyridine rings is 1. The minimum absolute atomic E-state index is 0.0314. The van der Waals surface area contributed by atoms with Gasteiger partial charge in [-0.15, -0.1) is 6.58 Å². The van der Waals surface area contributed by atoms with Gasteiger partial charge in [-0.25, -0.2) is 4.99 Å². The van der Waals surface area contributed by atoms with Crippen LogP contribution in [-0.4, -0.2) is 34.2 Å². The molecular formula is C20H21N3S. The smallest absolute Gasteiger partial charge is 0.101 e. The van der Waals surface area contributed by atoms with E-state index in [9.17, 15) is 0 Å². The average Bonchev–Trinajstić information content (AvgIpc) is 2.66. The van der Waals surface area contributed by atoms with Crippen LogP contribution in [0.5, 0.6) is 0 Å². The zero-order valence-electron chi connectivity index (χ0n) is 13.6. The van der Waals surface area contributed by atoms with Crippen molar-refractivity contribution >= 4 is 28.3 Å². The zero-order chi connectivity index (χ0) is 16.5. The summed E-state index contributed by atoms with van der Waals surface area (Å²) in [7, 11) is 0. The van der Waals surface area contributed by atoms with E-state index in [1.807, 2.05) is 12.3 Å². The Morgan fingerprint density at radius 2 is 2.25 bits per heavy atom. The Kier molecular flexibility index (Phi) is 4.28. The molecule has 5 atom stereocenters. The van der Waals surface area contributed by atoms with Crippen molar-refractivity contribution in [1.29, 1.82) is 0 Å². The van der Waals surface area contributed by atoms with Crippen molar-refractivity contribution in [3.05, 3.63) is 54.7 Å². The number of hydrogen-bond acceptors (Lipinski definition) is 4. The number of para-hydroxylation sites is 1. The van der Waals surface area contributed by atoms with Crippen LogP contribution >= 0.6 is 12.2 Å². The van der Waals surface area contributed by atoms with Gasteiger partial charge in [0.1, 0.15) is 6.04 Å². The van der Waals surface area contributed by atoms with Crippen LogP contribution in [0, 0.1) is 11.8 Å². The SMILES string of the molecule is C=C[C@H]1CN2CC[C@H]1C[C@H]2[C@@H](N=C=S)c1ccnc2ccccc12. The molecule has 1 aromatic carbocycles. The van der Waals surface area contributed by atoms with Crippen LogP contribution in [0.1, 0.15) is 24.4 Å². The van der Waals surface area contributed by atoms with E-state index in [0.717, 1.165) is 25.0 Å². The van der Waals surface area contributed by atoms with E-state index >= 15 is 0 Å². The first-order valence-electron chi connectivity index (χ1n) is 8.59. The highest BCUT2D eigenvalue weighted by atomic mass is 32.1. The van der Waals surface area contributed by atoms with Gasteiger partial charge in [0.2, 0.25) is 0 Å². The van der Waals surface area contributed by atoms with Gasteiger partial charge < -0.3 is 0 Å². The predicted octanol–water partition coefficient (Wildman–Crippen LogP) is 4.28. The molecular weight excluding hydrogens is 314 g/mol. The second-order valence-corrected chi connectivity index (χ2v) is 7.01. The van der Waals surface area contributed by atoms with Gasteiger partial charge in [0.15, 0.2) is 0 Å². The summed E-state index contributed by atoms with van der Waals surface area (Å²) >= 11 is 4.99. The van der Waals surface area contributed by atoms with Crippen LogP contribution < -0.4 is 0 Å². The lowest BCUT2D eigenvalue weighted by atomic mass is 9.73. The lowest BCUT2D eigenvalue weighted by Gasteiger charge is -2.50. The van der Waals surface area contributed by atoms with Gasteiger partial charge in [0.05, 0.1) is 10.7 Å². The fraction of sp³-hybridized carbons (Fsp3) is 0.400. The fourth-order valence-electron chi connectivity index (χ4n) is 4.50. The van der Waals surface area contributed by atoms with Crippen molar-refractivity contribution in [2.75, 3.05) is 13.1 Å². The third-order valence-corrected chi connectivity index (χ3v) is 5.82. The highest BCUT2D eigenvalue weighted by Crippen LogP contribution is 2.43. The number of aromatic nitrogens is 1. The predicted molar refractivity (Wildman–Crippen MR) is 101 cm³/mol. The molecule has 1 unspecified atom stereocenters. The molecule has 0 N–H and O–H groups in total. The molecule has 0 radical (unpaired) electrons. The number of hydrogen-bond donors (Lipinski definition) is 0. The summed E-state index contributed by atoms with van der Waals surface area (Å²) in [5, 5.41) is 3.82. The zero-order valence-corrected chi connectivity index (χ0v) is 14.5. The number of isothiocyanates is 1. The number of thiocarbonyl (C=S) groups is 1. The summed E-state index contributed by atoms with van der Waals surface area (Å²) in [5.74, 6) is 1.33. The molecule has 122 valence electrons. The lowest BCUT2D eigenvalue weighted by Crippen LogP contribution is -2.54. The van der Waals surface area contributed by atoms with E-state index in [2.05, 4.69) is 57.0 Å². The largest absolute Gasteiger partial charge is 0.297 e. The maximum atomic E-state index is 4.99. The first-order chi connectivity index (χ1) is 11.8. The normalized spacial score (nSPS) is 29.8. The summed E-state index contributed by atoms with van der Waals surface area (Å²) in [5.41, 5.74) is 2.23. The molecule has 4 heterocycles. The molecule has 3 aliphatic heterocycles. The van der Waals surface area contributed by atoms with E-state index in [1.165, 1.54) is 17.4 Å². The van der Waals surface area contributed by atoms with Crippen molar-refractivity contribution in [2.24, 2.45) is 16.8 Å². The van der Waals surface area contributed by atoms with Gasteiger partial charge >= 0.3 is 0 Å². The van der Waals surface area contributed by atoms with Crippen molar-refractivity contribution in [3.8, 4) is 0 Å². The number of aliphatic imine (C=N–C) groups is 1. The highest BCUT2D eigenvalue weighted by molar-refractivity contribution is 7.78. The Labute approximate surface area is 148 Å². The number of piperidine rings is 3. The van der Waals surface area contributed by atoms with E-state index in [-0.39, 0.29) is 6.04 Å². The summed E-state index contributed by atoms with van der Waals surface area (Å²) in [6, 6.07) is 10.8. The second kappa shape index (κ2) is 6.56. The molecule has 3 fully saturated rings. The highest BCUT2D eigenvalue weighted by Gasteiger charge is 2.42. The second-order valence-electron chi connectivity index (χ2n) is 6.83. The first-order valence-corrected chi connectivity index (χ1v) is 9.00. The van der Waals surface area contributed by atoms with E-state index < -0.39 is 0 Å². The quantitative estimate of drug-likeness (QED) is 0.474. The van der Waals surface area contributed by atoms with Crippen molar-refractivity contribution in [3.63, 3.8) is 0 Å². The molecule has 2 bridgehead atoms. The molecule has 0 saturated carbocycles. The number of fused-ring (bicyclic) bond motifs is 4. The average molecular weight is 335 g/mol. The lowest BCUT2D eigenvalue weighted by molar-refractivity contribution is 0.00801. The van der Waals surface area contributed by atoms with Crippen LogP contribution in [0.3, 0.4) is 0 Å². The van der Waals surface area contributed by atoms with Crippen molar-refractivity contribution < 1.29 is 0 Å². The Morgan fingerprint density at radius 3 is 3.00 bits per heavy atom. The maximum absolute atomic E-state index is 4.99. The summed E-state index contributed by atoms with van der Waals surface area (Å²) in [6.45, 7) is 6.25. The third-order valence-electron chi connectivity index (χ3n) is 5.71. The van der Waals surface area contributed by atoms with Crippen molar-refractivity contribution in [2.45, 2.75) is 24.9 Å². The minimum atomic E-state index is 0.0314. The van der Waals surface area contributed by atoms with E-state index in [4.69, 9.17) is 12.2 Å². The van der Waals surface area contributed by atoms with Gasteiger partial charge in [-0.1, -0.05) is 24.3 Å². The van der Waals surface area contributed by atoms with Gasteiger partial charge in [-0.2, -0.15) is 0 Å². The Morgan fingerprint density at radius 1 is 1.38 bits per heavy atom. The maximum Gasteiger partial charge on any atom is 0.101 e. The monoisotopic (exact) mass is 335 g/mol. The third kappa shape index (κ3) is 2.61. The van der Waals surface area contributed by atoms with Crippen molar-refractivity contribution in [1.82, 2.24) is 9.88 Å². The van der Waals surface area contributed by atoms with Crippen LogP contribution in [0.4, 0.5) is 0 Å². The Bertz CT molecular complexity index is 806. The number of rotatable bonds is 4. The summed E-state index contributed by atoms with van der Waals surface area (Å²) < 4.78 is 0. The molecule has 3 aliphatic rings. The topological polar surface area (TPSA) is 28.5 Å². The van der Waals surface area contributed by atoms with Crippen LogP contribution in [0.15, 0.2) is 54.2 Å². The van der Waals surface area contributed by atoms with Crippen LogP contribution in [-0.2, 0) is 0 Å². The van der Waals surface area contributed by atoms with E-state index in [0.29, 0.717) is 17.9 Å². The fourth-order valence-corrected chi connectivity index (χ4v) is 4.61. The summed E-state index contributed by atoms with van der Waals surface area (Å²) in [4.78, 5) is 11.7. The molecule has 0 spiro atoms. The number of nitrogens with zero attached hydrogens (tertiary/aromatic N) is 3. The first kappa shape index (κ1) is 15.6. The molecule has 3 saturated heterocycles. The van der Waals surface area contributed by atoms with Gasteiger partial charge in [0, 0.05) is 24.2 Å². The Balaban J connectivity index is 1.75. The van der Waals surface area contributed by atoms with Crippen LogP contribution in [0.25, 0.3) is 10.9 Å².